The molecular formula is C13H12BrClN2O. The van der Waals surface area contributed by atoms with Crippen LogP contribution >= 0.6 is 27.5 Å². The van der Waals surface area contributed by atoms with Crippen molar-refractivity contribution in [1.82, 2.24) is 4.98 Å². The van der Waals surface area contributed by atoms with Gasteiger partial charge in [-0.2, -0.15) is 0 Å². The maximum atomic E-state index is 10.2. The average Bonchev–Trinajstić information content (AvgIpc) is 2.32. The molecule has 3 N–H and O–H groups in total. The molecule has 94 valence electrons. The van der Waals surface area contributed by atoms with E-state index in [-0.39, 0.29) is 0 Å². The Labute approximate surface area is 119 Å². The van der Waals surface area contributed by atoms with Crippen LogP contribution in [0.1, 0.15) is 17.2 Å². The van der Waals surface area contributed by atoms with Crippen LogP contribution in [0, 0.1) is 0 Å². The first kappa shape index (κ1) is 13.3. The van der Waals surface area contributed by atoms with Crippen molar-refractivity contribution in [1.29, 1.82) is 0 Å². The summed E-state index contributed by atoms with van der Waals surface area (Å²) in [6, 6.07) is 8.98. The summed E-state index contributed by atoms with van der Waals surface area (Å²) in [5.41, 5.74) is 7.22. The minimum atomic E-state index is -0.670. The smallest absolute Gasteiger partial charge is 0.123 e. The summed E-state index contributed by atoms with van der Waals surface area (Å²) < 4.78 is 0.884. The predicted octanol–water partition coefficient (Wildman–Crippen LogP) is 3.36. The normalized spacial score (nSPS) is 12.4. The lowest BCUT2D eigenvalue weighted by atomic mass is 10.0. The topological polar surface area (TPSA) is 59.1 Å². The molecule has 3 nitrogen and oxygen atoms in total. The van der Waals surface area contributed by atoms with Gasteiger partial charge in [0.05, 0.1) is 6.10 Å². The molecule has 1 heterocycles. The van der Waals surface area contributed by atoms with Crippen LogP contribution in [0.25, 0.3) is 0 Å². The maximum absolute atomic E-state index is 10.2. The van der Waals surface area contributed by atoms with Gasteiger partial charge < -0.3 is 10.8 Å². The highest BCUT2D eigenvalue weighted by Gasteiger charge is 2.13. The summed E-state index contributed by atoms with van der Waals surface area (Å²) in [7, 11) is 0. The first-order chi connectivity index (χ1) is 8.56. The minimum absolute atomic E-state index is 0.444. The summed E-state index contributed by atoms with van der Waals surface area (Å²) in [4.78, 5) is 3.91. The van der Waals surface area contributed by atoms with Crippen LogP contribution in [0.4, 0.5) is 5.82 Å². The zero-order chi connectivity index (χ0) is 13.1. The fraction of sp³-hybridized carbons (Fsp3) is 0.154. The first-order valence-corrected chi connectivity index (χ1v) is 6.57. The van der Waals surface area contributed by atoms with Gasteiger partial charge in [0, 0.05) is 27.7 Å². The first-order valence-electron chi connectivity index (χ1n) is 5.39. The number of hydrogen-bond donors (Lipinski definition) is 2. The number of pyridine rings is 1. The average molecular weight is 328 g/mol. The van der Waals surface area contributed by atoms with Gasteiger partial charge in [-0.25, -0.2) is 4.98 Å². The van der Waals surface area contributed by atoms with Crippen molar-refractivity contribution in [3.63, 3.8) is 0 Å². The van der Waals surface area contributed by atoms with E-state index < -0.39 is 6.10 Å². The van der Waals surface area contributed by atoms with Gasteiger partial charge in [0.25, 0.3) is 0 Å². The number of nitrogen functional groups attached to an aromatic ring is 1. The molecule has 0 aliphatic rings. The van der Waals surface area contributed by atoms with Gasteiger partial charge in [0.15, 0.2) is 0 Å². The largest absolute Gasteiger partial charge is 0.388 e. The third-order valence-corrected chi connectivity index (χ3v) is 3.43. The number of hydrogen-bond acceptors (Lipinski definition) is 3. The minimum Gasteiger partial charge on any atom is -0.388 e. The molecule has 0 saturated carbocycles. The third kappa shape index (κ3) is 3.22. The zero-order valence-electron chi connectivity index (χ0n) is 9.48. The summed E-state index contributed by atoms with van der Waals surface area (Å²) >= 11 is 9.43. The SMILES string of the molecule is Nc1cc(CC(O)c2cc(Br)ccc2Cl)ccn1. The lowest BCUT2D eigenvalue weighted by Crippen LogP contribution is -2.03. The molecule has 2 aromatic rings. The van der Waals surface area contributed by atoms with Crippen molar-refractivity contribution in [2.75, 3.05) is 5.73 Å². The van der Waals surface area contributed by atoms with E-state index in [4.69, 9.17) is 17.3 Å². The molecule has 5 heteroatoms. The number of halogens is 2. The van der Waals surface area contributed by atoms with Crippen molar-refractivity contribution in [3.05, 3.63) is 57.2 Å². The van der Waals surface area contributed by atoms with Crippen molar-refractivity contribution < 1.29 is 5.11 Å². The Morgan fingerprint density at radius 3 is 2.83 bits per heavy atom. The fourth-order valence-corrected chi connectivity index (χ4v) is 2.35. The van der Waals surface area contributed by atoms with Crippen molar-refractivity contribution >= 4 is 33.3 Å². The number of benzene rings is 1. The number of aliphatic hydroxyl groups excluding tert-OH is 1. The standard InChI is InChI=1S/C13H12BrClN2O/c14-9-1-2-11(15)10(7-9)12(18)5-8-3-4-17-13(16)6-8/h1-4,6-7,12,18H,5H2,(H2,16,17). The predicted molar refractivity (Wildman–Crippen MR) is 76.5 cm³/mol. The monoisotopic (exact) mass is 326 g/mol. The van der Waals surface area contributed by atoms with Crippen molar-refractivity contribution in [2.24, 2.45) is 0 Å². The molecular weight excluding hydrogens is 316 g/mol. The number of aliphatic hydroxyl groups is 1. The molecule has 0 saturated heterocycles. The second-order valence-electron chi connectivity index (χ2n) is 3.97. The quantitative estimate of drug-likeness (QED) is 0.909. The maximum Gasteiger partial charge on any atom is 0.123 e. The van der Waals surface area contributed by atoms with Gasteiger partial charge in [0.1, 0.15) is 5.82 Å². The van der Waals surface area contributed by atoms with E-state index in [0.717, 1.165) is 10.0 Å². The van der Waals surface area contributed by atoms with E-state index in [1.807, 2.05) is 18.2 Å². The molecule has 1 atom stereocenters. The number of rotatable bonds is 3. The lowest BCUT2D eigenvalue weighted by Gasteiger charge is -2.13. The fourth-order valence-electron chi connectivity index (χ4n) is 1.72. The molecule has 1 unspecified atom stereocenters. The summed E-state index contributed by atoms with van der Waals surface area (Å²) in [5, 5.41) is 10.8. The Bertz CT molecular complexity index is 562. The Hall–Kier alpha value is -1.10. The molecule has 0 spiro atoms. The molecule has 0 aliphatic heterocycles. The van der Waals surface area contributed by atoms with Gasteiger partial charge in [-0.1, -0.05) is 27.5 Å². The van der Waals surface area contributed by atoms with Gasteiger partial charge >= 0.3 is 0 Å². The molecule has 2 rings (SSSR count). The molecule has 0 bridgehead atoms. The highest BCUT2D eigenvalue weighted by Crippen LogP contribution is 2.28. The Morgan fingerprint density at radius 1 is 1.33 bits per heavy atom. The third-order valence-electron chi connectivity index (χ3n) is 2.59. The van der Waals surface area contributed by atoms with E-state index in [9.17, 15) is 5.11 Å². The van der Waals surface area contributed by atoms with Crippen LogP contribution in [-0.2, 0) is 6.42 Å². The molecule has 0 amide bonds. The Balaban J connectivity index is 2.21. The Kier molecular flexibility index (Phi) is 4.22. The summed E-state index contributed by atoms with van der Waals surface area (Å²) in [6.07, 6.45) is 1.40. The number of nitrogens with two attached hydrogens (primary N) is 1. The summed E-state index contributed by atoms with van der Waals surface area (Å²) in [6.45, 7) is 0. The van der Waals surface area contributed by atoms with Gasteiger partial charge in [-0.15, -0.1) is 0 Å². The van der Waals surface area contributed by atoms with Crippen LogP contribution in [0.2, 0.25) is 5.02 Å². The van der Waals surface area contributed by atoms with Gasteiger partial charge in [0.2, 0.25) is 0 Å². The van der Waals surface area contributed by atoms with E-state index in [0.29, 0.717) is 22.8 Å². The highest BCUT2D eigenvalue weighted by atomic mass is 79.9. The van der Waals surface area contributed by atoms with Gasteiger partial charge in [-0.05, 0) is 35.9 Å². The Morgan fingerprint density at radius 2 is 2.11 bits per heavy atom. The molecule has 0 fully saturated rings. The second kappa shape index (κ2) is 5.69. The molecule has 0 radical (unpaired) electrons. The lowest BCUT2D eigenvalue weighted by molar-refractivity contribution is 0.178. The van der Waals surface area contributed by atoms with Crippen LogP contribution in [0.3, 0.4) is 0 Å². The van der Waals surface area contributed by atoms with E-state index in [2.05, 4.69) is 20.9 Å². The summed E-state index contributed by atoms with van der Waals surface area (Å²) in [5.74, 6) is 0.444. The molecule has 0 aliphatic carbocycles. The highest BCUT2D eigenvalue weighted by molar-refractivity contribution is 9.10. The van der Waals surface area contributed by atoms with Crippen LogP contribution in [0.15, 0.2) is 41.0 Å². The van der Waals surface area contributed by atoms with Gasteiger partial charge in [-0.3, -0.25) is 0 Å². The molecule has 18 heavy (non-hydrogen) atoms. The molecule has 1 aromatic heterocycles. The van der Waals surface area contributed by atoms with Crippen LogP contribution in [-0.4, -0.2) is 10.1 Å². The van der Waals surface area contributed by atoms with E-state index >= 15 is 0 Å². The number of nitrogens with zero attached hydrogens (tertiary/aromatic N) is 1. The number of aromatic nitrogens is 1. The van der Waals surface area contributed by atoms with Crippen molar-refractivity contribution in [3.8, 4) is 0 Å². The van der Waals surface area contributed by atoms with Crippen molar-refractivity contribution in [2.45, 2.75) is 12.5 Å². The second-order valence-corrected chi connectivity index (χ2v) is 5.30. The van der Waals surface area contributed by atoms with E-state index in [1.165, 1.54) is 0 Å². The zero-order valence-corrected chi connectivity index (χ0v) is 11.8. The molecule has 1 aromatic carbocycles. The van der Waals surface area contributed by atoms with Crippen LogP contribution in [0.5, 0.6) is 0 Å². The van der Waals surface area contributed by atoms with Crippen LogP contribution < -0.4 is 5.73 Å². The number of anilines is 1. The van der Waals surface area contributed by atoms with E-state index in [1.54, 1.807) is 18.3 Å².